The normalized spacial score (nSPS) is 7.76. The van der Waals surface area contributed by atoms with Gasteiger partial charge in [-0.3, -0.25) is 0 Å². The second-order valence-corrected chi connectivity index (χ2v) is 3.23. The summed E-state index contributed by atoms with van der Waals surface area (Å²) in [4.78, 5) is 0. The Morgan fingerprint density at radius 1 is 0.667 bits per heavy atom. The number of aliphatic hydroxyl groups is 3. The molecule has 8 heteroatoms. The highest BCUT2D eigenvalue weighted by atomic mass is 35.5. The highest BCUT2D eigenvalue weighted by Crippen LogP contribution is 1.94. The van der Waals surface area contributed by atoms with Gasteiger partial charge in [-0.1, -0.05) is 30.3 Å². The van der Waals surface area contributed by atoms with Crippen LogP contribution >= 0.6 is 12.4 Å². The van der Waals surface area contributed by atoms with Gasteiger partial charge in [0.15, 0.2) is 0 Å². The van der Waals surface area contributed by atoms with Gasteiger partial charge >= 0.3 is 0 Å². The Hall–Kier alpha value is -0.770. The quantitative estimate of drug-likeness (QED) is 0.349. The zero-order valence-electron chi connectivity index (χ0n) is 12.4. The van der Waals surface area contributed by atoms with E-state index < -0.39 is 0 Å². The lowest BCUT2D eigenvalue weighted by atomic mass is 10.2. The van der Waals surface area contributed by atoms with Gasteiger partial charge < -0.3 is 38.3 Å². The predicted molar refractivity (Wildman–Crippen MR) is 90.0 cm³/mol. The lowest BCUT2D eigenvalue weighted by Gasteiger charge is -1.90. The average Bonchev–Trinajstić information content (AvgIpc) is 2.56. The molecular formula is C13H31ClN4O3. The first-order valence-electron chi connectivity index (χ1n) is 6.35. The van der Waals surface area contributed by atoms with E-state index in [4.69, 9.17) is 38.3 Å². The molecule has 21 heavy (non-hydrogen) atoms. The average molecular weight is 327 g/mol. The largest absolute Gasteiger partial charge is 0.395 e. The van der Waals surface area contributed by atoms with Crippen molar-refractivity contribution in [3.63, 3.8) is 0 Å². The third-order valence-corrected chi connectivity index (χ3v) is 1.47. The minimum atomic E-state index is 0. The second kappa shape index (κ2) is 31.6. The molecule has 0 unspecified atom stereocenters. The molecule has 128 valence electrons. The zero-order chi connectivity index (χ0) is 16.1. The van der Waals surface area contributed by atoms with E-state index in [9.17, 15) is 0 Å². The van der Waals surface area contributed by atoms with Gasteiger partial charge in [0.25, 0.3) is 0 Å². The fourth-order valence-corrected chi connectivity index (χ4v) is 0.614. The monoisotopic (exact) mass is 326 g/mol. The number of rotatable bonds is 4. The Kier molecular flexibility index (Phi) is 42.7. The van der Waals surface area contributed by atoms with Crippen LogP contribution < -0.4 is 22.9 Å². The van der Waals surface area contributed by atoms with E-state index in [1.54, 1.807) is 0 Å². The molecule has 7 nitrogen and oxygen atoms in total. The molecule has 0 radical (unpaired) electrons. The van der Waals surface area contributed by atoms with Gasteiger partial charge in [-0.25, -0.2) is 0 Å². The van der Waals surface area contributed by atoms with Gasteiger partial charge in [0, 0.05) is 26.2 Å². The first-order chi connectivity index (χ1) is 9.67. The Morgan fingerprint density at radius 2 is 0.952 bits per heavy atom. The molecule has 0 heterocycles. The van der Waals surface area contributed by atoms with Crippen molar-refractivity contribution in [1.29, 1.82) is 0 Å². The summed E-state index contributed by atoms with van der Waals surface area (Å²) in [6.45, 7) is 2.06. The Labute approximate surface area is 133 Å². The van der Waals surface area contributed by atoms with Crippen LogP contribution in [0.5, 0.6) is 0 Å². The Morgan fingerprint density at radius 3 is 1.10 bits per heavy atom. The summed E-state index contributed by atoms with van der Waals surface area (Å²) in [5, 5.41) is 23.2. The molecule has 0 fully saturated rings. The van der Waals surface area contributed by atoms with Crippen molar-refractivity contribution in [2.75, 3.05) is 39.5 Å². The van der Waals surface area contributed by atoms with Crippen molar-refractivity contribution in [2.24, 2.45) is 22.9 Å². The maximum atomic E-state index is 7.75. The van der Waals surface area contributed by atoms with Crippen LogP contribution in [0.25, 0.3) is 0 Å². The predicted octanol–water partition coefficient (Wildman–Crippen LogP) is -1.62. The summed E-state index contributed by atoms with van der Waals surface area (Å²) in [6, 6.07) is 9.99. The standard InChI is InChI=1S/C7H9N.3C2H7NO.ClH/c8-6-7-4-2-1-3-5-7;3*3-1-2-4;/h1-5H,6,8H2;3*4H,1-3H2;1H. The number of hydrogen-bond acceptors (Lipinski definition) is 7. The van der Waals surface area contributed by atoms with Gasteiger partial charge in [-0.05, 0) is 5.56 Å². The van der Waals surface area contributed by atoms with Crippen molar-refractivity contribution in [2.45, 2.75) is 6.54 Å². The van der Waals surface area contributed by atoms with E-state index in [2.05, 4.69) is 0 Å². The fraction of sp³-hybridized carbons (Fsp3) is 0.538. The molecule has 0 saturated heterocycles. The molecule has 1 aromatic rings. The summed E-state index contributed by atoms with van der Waals surface area (Å²) in [7, 11) is 0. The van der Waals surface area contributed by atoms with Crippen LogP contribution in [0.2, 0.25) is 0 Å². The molecule has 0 aliphatic carbocycles. The first-order valence-corrected chi connectivity index (χ1v) is 6.35. The Bertz CT molecular complexity index is 229. The lowest BCUT2D eigenvalue weighted by molar-refractivity contribution is 0.306. The molecule has 0 aliphatic rings. The maximum Gasteiger partial charge on any atom is 0.0553 e. The van der Waals surface area contributed by atoms with E-state index in [0.29, 0.717) is 26.2 Å². The maximum absolute atomic E-state index is 7.75. The van der Waals surface area contributed by atoms with Gasteiger partial charge in [0.2, 0.25) is 0 Å². The van der Waals surface area contributed by atoms with Gasteiger partial charge in [0.05, 0.1) is 19.8 Å². The second-order valence-electron chi connectivity index (χ2n) is 3.23. The smallest absolute Gasteiger partial charge is 0.0553 e. The van der Waals surface area contributed by atoms with Gasteiger partial charge in [0.1, 0.15) is 0 Å². The first kappa shape index (κ1) is 28.4. The molecule has 0 bridgehead atoms. The number of hydrogen-bond donors (Lipinski definition) is 7. The van der Waals surface area contributed by atoms with Crippen LogP contribution in [0, 0.1) is 0 Å². The van der Waals surface area contributed by atoms with E-state index in [-0.39, 0.29) is 32.2 Å². The Balaban J connectivity index is -0.0000000973. The van der Waals surface area contributed by atoms with Crippen LogP contribution in [0.3, 0.4) is 0 Å². The zero-order valence-corrected chi connectivity index (χ0v) is 13.2. The van der Waals surface area contributed by atoms with Crippen molar-refractivity contribution in [3.8, 4) is 0 Å². The summed E-state index contributed by atoms with van der Waals surface area (Å²) >= 11 is 0. The van der Waals surface area contributed by atoms with Crippen LogP contribution in [0.4, 0.5) is 0 Å². The number of nitrogens with two attached hydrogens (primary N) is 4. The van der Waals surface area contributed by atoms with Crippen LogP contribution in [-0.2, 0) is 6.54 Å². The summed E-state index contributed by atoms with van der Waals surface area (Å²) in [5.41, 5.74) is 20.9. The van der Waals surface area contributed by atoms with Crippen molar-refractivity contribution in [3.05, 3.63) is 35.9 Å². The molecule has 0 aliphatic heterocycles. The molecule has 0 amide bonds. The number of aliphatic hydroxyl groups excluding tert-OH is 3. The SMILES string of the molecule is Cl.NCCO.NCCO.NCCO.NCc1ccccc1. The molecule has 1 rings (SSSR count). The highest BCUT2D eigenvalue weighted by molar-refractivity contribution is 5.85. The van der Waals surface area contributed by atoms with E-state index in [1.807, 2.05) is 30.3 Å². The van der Waals surface area contributed by atoms with Crippen LogP contribution in [-0.4, -0.2) is 54.8 Å². The molecule has 0 saturated carbocycles. The number of benzene rings is 1. The topological polar surface area (TPSA) is 165 Å². The molecule has 1 aromatic carbocycles. The lowest BCUT2D eigenvalue weighted by Crippen LogP contribution is -2.02. The molecule has 0 spiro atoms. The van der Waals surface area contributed by atoms with Crippen LogP contribution in [0.15, 0.2) is 30.3 Å². The van der Waals surface area contributed by atoms with Crippen molar-refractivity contribution < 1.29 is 15.3 Å². The van der Waals surface area contributed by atoms with Crippen molar-refractivity contribution >= 4 is 12.4 Å². The van der Waals surface area contributed by atoms with Gasteiger partial charge in [-0.2, -0.15) is 0 Å². The fourth-order valence-electron chi connectivity index (χ4n) is 0.614. The highest BCUT2D eigenvalue weighted by Gasteiger charge is 1.80. The van der Waals surface area contributed by atoms with Gasteiger partial charge in [-0.15, -0.1) is 12.4 Å². The molecular weight excluding hydrogens is 296 g/mol. The molecule has 0 atom stereocenters. The minimum Gasteiger partial charge on any atom is -0.395 e. The van der Waals surface area contributed by atoms with Crippen LogP contribution in [0.1, 0.15) is 5.56 Å². The summed E-state index contributed by atoms with van der Waals surface area (Å²) in [5.74, 6) is 0. The van der Waals surface area contributed by atoms with E-state index in [0.717, 1.165) is 0 Å². The van der Waals surface area contributed by atoms with E-state index >= 15 is 0 Å². The van der Waals surface area contributed by atoms with E-state index in [1.165, 1.54) is 5.56 Å². The third-order valence-electron chi connectivity index (χ3n) is 1.47. The number of halogens is 1. The minimum absolute atomic E-state index is 0. The molecule has 0 aromatic heterocycles. The third kappa shape index (κ3) is 38.2. The molecule has 11 N–H and O–H groups in total. The summed E-state index contributed by atoms with van der Waals surface area (Å²) < 4.78 is 0. The summed E-state index contributed by atoms with van der Waals surface area (Å²) in [6.07, 6.45) is 0. The van der Waals surface area contributed by atoms with Crippen molar-refractivity contribution in [1.82, 2.24) is 0 Å².